The van der Waals surface area contributed by atoms with Crippen molar-refractivity contribution in [3.8, 4) is 0 Å². The summed E-state index contributed by atoms with van der Waals surface area (Å²) in [6.45, 7) is 1.23. The molecule has 2 aliphatic heterocycles. The number of aromatic nitrogens is 2. The number of imidazole rings is 1. The number of carbonyl (C=O) groups excluding carboxylic acids is 1. The van der Waals surface area contributed by atoms with Crippen LogP contribution in [0.2, 0.25) is 0 Å². The summed E-state index contributed by atoms with van der Waals surface area (Å²) >= 11 is 2.02. The highest BCUT2D eigenvalue weighted by molar-refractivity contribution is 14.1. The molecule has 33 heavy (non-hydrogen) atoms. The van der Waals surface area contributed by atoms with Gasteiger partial charge in [-0.2, -0.15) is 0 Å². The number of halogens is 3. The van der Waals surface area contributed by atoms with Crippen molar-refractivity contribution in [3.63, 3.8) is 0 Å². The van der Waals surface area contributed by atoms with Crippen LogP contribution in [0.4, 0.5) is 8.78 Å². The lowest BCUT2D eigenvalue weighted by Crippen LogP contribution is -2.72. The lowest BCUT2D eigenvalue weighted by molar-refractivity contribution is -0.108. The van der Waals surface area contributed by atoms with Gasteiger partial charge in [-0.25, -0.2) is 13.8 Å². The van der Waals surface area contributed by atoms with E-state index in [9.17, 15) is 14.3 Å². The monoisotopic (exact) mass is 566 g/mol. The molecule has 1 amide bonds. The Hall–Kier alpha value is -2.11. The minimum absolute atomic E-state index is 0.0491. The third-order valence-corrected chi connectivity index (χ3v) is 7.52. The number of amides is 1. The largest absolute Gasteiger partial charge is 0.385 e. The Labute approximate surface area is 204 Å². The Kier molecular flexibility index (Phi) is 5.90. The first-order chi connectivity index (χ1) is 15.8. The first-order valence-corrected chi connectivity index (χ1v) is 12.2. The van der Waals surface area contributed by atoms with Gasteiger partial charge in [-0.05, 0) is 65.7 Å². The van der Waals surface area contributed by atoms with E-state index in [2.05, 4.69) is 10.3 Å². The number of rotatable bonds is 4. The summed E-state index contributed by atoms with van der Waals surface area (Å²) in [4.78, 5) is 19.2. The minimum atomic E-state index is -0.979. The standard InChI is InChI=1S/C24H25F2IN4O2/c1-30-13-29-22-19(30)10-17(16(21(22)26)8-14-5-6-15(27)9-18(14)25)23(32)31-11-24(33,12-31)20-4-2-3-7-28-20/h5-6,9-10,13,20,28,33H,2-4,7-8,11-12H2,1H3. The number of nitrogens with zero attached hydrogens (tertiary/aromatic N) is 3. The second-order valence-corrected chi connectivity index (χ2v) is 10.4. The van der Waals surface area contributed by atoms with Gasteiger partial charge >= 0.3 is 0 Å². The molecule has 2 fully saturated rings. The van der Waals surface area contributed by atoms with Crippen LogP contribution < -0.4 is 5.32 Å². The van der Waals surface area contributed by atoms with Gasteiger partial charge in [0, 0.05) is 34.2 Å². The summed E-state index contributed by atoms with van der Waals surface area (Å²) in [5, 5.41) is 14.4. The van der Waals surface area contributed by atoms with Crippen LogP contribution in [-0.2, 0) is 13.5 Å². The number of carbonyl (C=O) groups is 1. The van der Waals surface area contributed by atoms with Crippen molar-refractivity contribution in [1.82, 2.24) is 19.8 Å². The van der Waals surface area contributed by atoms with E-state index in [0.29, 0.717) is 11.1 Å². The zero-order valence-corrected chi connectivity index (χ0v) is 20.4. The van der Waals surface area contributed by atoms with Crippen LogP contribution in [0.1, 0.15) is 40.7 Å². The molecule has 3 heterocycles. The second kappa shape index (κ2) is 8.59. The van der Waals surface area contributed by atoms with E-state index in [1.54, 1.807) is 34.7 Å². The van der Waals surface area contributed by atoms with Gasteiger partial charge in [0.25, 0.3) is 5.91 Å². The van der Waals surface area contributed by atoms with Crippen molar-refractivity contribution >= 4 is 39.5 Å². The summed E-state index contributed by atoms with van der Waals surface area (Å²) in [5.74, 6) is -1.42. The maximum atomic E-state index is 15.6. The highest BCUT2D eigenvalue weighted by Crippen LogP contribution is 2.33. The number of likely N-dealkylation sites (tertiary alicyclic amines) is 1. The van der Waals surface area contributed by atoms with Crippen molar-refractivity contribution in [3.05, 3.63) is 62.5 Å². The highest BCUT2D eigenvalue weighted by Gasteiger charge is 2.49. The van der Waals surface area contributed by atoms with E-state index in [1.807, 2.05) is 22.6 Å². The molecule has 174 valence electrons. The van der Waals surface area contributed by atoms with Gasteiger partial charge < -0.3 is 19.9 Å². The third kappa shape index (κ3) is 4.04. The highest BCUT2D eigenvalue weighted by atomic mass is 127. The normalized spacial score (nSPS) is 20.2. The maximum Gasteiger partial charge on any atom is 0.254 e. The molecule has 2 aliphatic rings. The molecule has 6 nitrogen and oxygen atoms in total. The quantitative estimate of drug-likeness (QED) is 0.476. The summed E-state index contributed by atoms with van der Waals surface area (Å²) in [7, 11) is 1.73. The molecular formula is C24H25F2IN4O2. The average Bonchev–Trinajstić information content (AvgIpc) is 3.16. The number of hydrogen-bond donors (Lipinski definition) is 2. The summed E-state index contributed by atoms with van der Waals surface area (Å²) < 4.78 is 32.6. The average molecular weight is 566 g/mol. The summed E-state index contributed by atoms with van der Waals surface area (Å²) in [6.07, 6.45) is 4.42. The smallest absolute Gasteiger partial charge is 0.254 e. The van der Waals surface area contributed by atoms with Gasteiger partial charge in [-0.15, -0.1) is 0 Å². The first kappa shape index (κ1) is 22.7. The molecule has 0 spiro atoms. The molecule has 5 rings (SSSR count). The van der Waals surface area contributed by atoms with Gasteiger partial charge in [0.2, 0.25) is 0 Å². The molecule has 0 aliphatic carbocycles. The van der Waals surface area contributed by atoms with Crippen LogP contribution in [0.15, 0.2) is 30.6 Å². The first-order valence-electron chi connectivity index (χ1n) is 11.1. The second-order valence-electron chi connectivity index (χ2n) is 9.12. The van der Waals surface area contributed by atoms with Crippen LogP contribution in [0.5, 0.6) is 0 Å². The molecule has 2 saturated heterocycles. The van der Waals surface area contributed by atoms with Crippen LogP contribution in [0, 0.1) is 15.2 Å². The molecule has 2 N–H and O–H groups in total. The van der Waals surface area contributed by atoms with Gasteiger partial charge in [0.05, 0.1) is 24.9 Å². The molecule has 1 unspecified atom stereocenters. The fraction of sp³-hybridized carbons (Fsp3) is 0.417. The Morgan fingerprint density at radius 3 is 2.79 bits per heavy atom. The van der Waals surface area contributed by atoms with Crippen LogP contribution in [0.3, 0.4) is 0 Å². The Balaban J connectivity index is 1.49. The number of hydrogen-bond acceptors (Lipinski definition) is 4. The predicted octanol–water partition coefficient (Wildman–Crippen LogP) is 3.38. The Morgan fingerprint density at radius 1 is 1.30 bits per heavy atom. The SMILES string of the molecule is Cn1cnc2c(F)c(Cc3ccc(I)cc3F)c(C(=O)N3CC(O)(C4CCCCN4)C3)cc21. The molecule has 0 bridgehead atoms. The number of aryl methyl sites for hydroxylation is 1. The van der Waals surface area contributed by atoms with Crippen LogP contribution >= 0.6 is 22.6 Å². The zero-order chi connectivity index (χ0) is 23.3. The maximum absolute atomic E-state index is 15.6. The van der Waals surface area contributed by atoms with E-state index in [0.717, 1.165) is 29.4 Å². The Bertz CT molecular complexity index is 1230. The van der Waals surface area contributed by atoms with Gasteiger partial charge in [-0.1, -0.05) is 12.5 Å². The molecule has 3 aromatic rings. The zero-order valence-electron chi connectivity index (χ0n) is 18.2. The van der Waals surface area contributed by atoms with Crippen molar-refractivity contribution in [2.45, 2.75) is 37.3 Å². The van der Waals surface area contributed by atoms with E-state index < -0.39 is 17.2 Å². The molecule has 0 radical (unpaired) electrons. The molecule has 9 heteroatoms. The van der Waals surface area contributed by atoms with Gasteiger partial charge in [-0.3, -0.25) is 4.79 Å². The van der Waals surface area contributed by atoms with Gasteiger partial charge in [0.15, 0.2) is 5.82 Å². The third-order valence-electron chi connectivity index (χ3n) is 6.85. The van der Waals surface area contributed by atoms with E-state index in [-0.39, 0.29) is 48.1 Å². The molecular weight excluding hydrogens is 541 g/mol. The predicted molar refractivity (Wildman–Crippen MR) is 129 cm³/mol. The van der Waals surface area contributed by atoms with Crippen molar-refractivity contribution in [2.75, 3.05) is 19.6 Å². The number of β-amino-alcohol motifs (C(OH)–C–C–N with tert-alkyl or cyclic N) is 1. The van der Waals surface area contributed by atoms with E-state index in [1.165, 1.54) is 12.4 Å². The van der Waals surface area contributed by atoms with E-state index in [4.69, 9.17) is 0 Å². The molecule has 0 saturated carbocycles. The van der Waals surface area contributed by atoms with Crippen molar-refractivity contribution in [1.29, 1.82) is 0 Å². The number of nitrogens with one attached hydrogen (secondary N) is 1. The van der Waals surface area contributed by atoms with Crippen molar-refractivity contribution in [2.24, 2.45) is 7.05 Å². The lowest BCUT2D eigenvalue weighted by atomic mass is 9.81. The van der Waals surface area contributed by atoms with Crippen LogP contribution in [-0.4, -0.2) is 56.7 Å². The molecule has 1 aromatic heterocycles. The fourth-order valence-corrected chi connectivity index (χ4v) is 5.40. The van der Waals surface area contributed by atoms with E-state index >= 15 is 4.39 Å². The van der Waals surface area contributed by atoms with Gasteiger partial charge in [0.1, 0.15) is 16.9 Å². The summed E-state index contributed by atoms with van der Waals surface area (Å²) in [6, 6.07) is 6.34. The lowest BCUT2D eigenvalue weighted by Gasteiger charge is -2.51. The summed E-state index contributed by atoms with van der Waals surface area (Å²) in [5.41, 5.74) is 0.282. The van der Waals surface area contributed by atoms with Crippen LogP contribution in [0.25, 0.3) is 11.0 Å². The number of fused-ring (bicyclic) bond motifs is 1. The minimum Gasteiger partial charge on any atom is -0.385 e. The number of aliphatic hydroxyl groups is 1. The number of benzene rings is 2. The fourth-order valence-electron chi connectivity index (χ4n) is 4.94. The number of piperidine rings is 1. The molecule has 2 aromatic carbocycles. The molecule has 1 atom stereocenters. The topological polar surface area (TPSA) is 70.4 Å². The van der Waals surface area contributed by atoms with Crippen molar-refractivity contribution < 1.29 is 18.7 Å². The Morgan fingerprint density at radius 2 is 2.09 bits per heavy atom.